The van der Waals surface area contributed by atoms with E-state index < -0.39 is 17.7 Å². The zero-order valence-electron chi connectivity index (χ0n) is 11.1. The number of aliphatic hydroxyl groups is 1. The molecule has 0 aliphatic heterocycles. The van der Waals surface area contributed by atoms with Crippen LogP contribution in [0, 0.1) is 18.6 Å². The van der Waals surface area contributed by atoms with Gasteiger partial charge >= 0.3 is 0 Å². The van der Waals surface area contributed by atoms with Crippen LogP contribution in [0.2, 0.25) is 0 Å². The van der Waals surface area contributed by atoms with Gasteiger partial charge in [0.15, 0.2) is 11.6 Å². The summed E-state index contributed by atoms with van der Waals surface area (Å²) in [5.41, 5.74) is 1.34. The molecule has 1 atom stereocenters. The molecule has 2 rings (SSSR count). The summed E-state index contributed by atoms with van der Waals surface area (Å²) in [6.07, 6.45) is 1.03. The Hall–Kier alpha value is -1.75. The van der Waals surface area contributed by atoms with E-state index in [1.54, 1.807) is 17.9 Å². The van der Waals surface area contributed by atoms with Crippen molar-refractivity contribution in [3.8, 4) is 0 Å². The summed E-state index contributed by atoms with van der Waals surface area (Å²) in [5, 5.41) is 14.4. The molecule has 0 fully saturated rings. The smallest absolute Gasteiger partial charge is 0.165 e. The van der Waals surface area contributed by atoms with Gasteiger partial charge in [-0.05, 0) is 18.9 Å². The van der Waals surface area contributed by atoms with Crippen LogP contribution in [0.3, 0.4) is 0 Å². The standard InChI is InChI=1S/C14H16F2N2O/c1-4-11-10(7-18(3)17-11)14(19)9-6-5-8(2)12(15)13(9)16/h5-7,14,19H,4H2,1-3H3. The van der Waals surface area contributed by atoms with Crippen LogP contribution < -0.4 is 0 Å². The minimum atomic E-state index is -1.21. The first kappa shape index (κ1) is 13.7. The first-order valence-electron chi connectivity index (χ1n) is 6.10. The summed E-state index contributed by atoms with van der Waals surface area (Å²) in [6, 6.07) is 2.86. The van der Waals surface area contributed by atoms with Crippen LogP contribution >= 0.6 is 0 Å². The predicted octanol–water partition coefficient (Wildman–Crippen LogP) is 2.65. The van der Waals surface area contributed by atoms with Crippen molar-refractivity contribution in [2.75, 3.05) is 0 Å². The molecule has 0 amide bonds. The summed E-state index contributed by atoms with van der Waals surface area (Å²) in [7, 11) is 1.72. The number of hydrogen-bond acceptors (Lipinski definition) is 2. The molecule has 102 valence electrons. The Bertz CT molecular complexity index is 608. The van der Waals surface area contributed by atoms with Crippen LogP contribution in [0.15, 0.2) is 18.3 Å². The zero-order chi connectivity index (χ0) is 14.2. The molecule has 0 aliphatic carbocycles. The minimum Gasteiger partial charge on any atom is -0.383 e. The fourth-order valence-corrected chi connectivity index (χ4v) is 2.10. The molecule has 5 heteroatoms. The third kappa shape index (κ3) is 2.38. The number of aryl methyl sites for hydroxylation is 3. The average molecular weight is 266 g/mol. The maximum absolute atomic E-state index is 13.9. The SMILES string of the molecule is CCc1nn(C)cc1C(O)c1ccc(C)c(F)c1F. The highest BCUT2D eigenvalue weighted by atomic mass is 19.2. The molecule has 0 aliphatic rings. The van der Waals surface area contributed by atoms with Crippen LogP contribution in [-0.2, 0) is 13.5 Å². The molecule has 0 saturated heterocycles. The minimum absolute atomic E-state index is 0.0641. The number of halogens is 2. The molecular formula is C14H16F2N2O. The summed E-state index contributed by atoms with van der Waals surface area (Å²) in [6.45, 7) is 3.38. The Kier molecular flexibility index (Phi) is 3.66. The number of benzene rings is 1. The molecule has 1 aromatic heterocycles. The Labute approximate surface area is 110 Å². The summed E-state index contributed by atoms with van der Waals surface area (Å²) < 4.78 is 29.0. The van der Waals surface area contributed by atoms with Crippen molar-refractivity contribution in [2.45, 2.75) is 26.4 Å². The summed E-state index contributed by atoms with van der Waals surface area (Å²) >= 11 is 0. The van der Waals surface area contributed by atoms with Crippen LogP contribution in [0.4, 0.5) is 8.78 Å². The number of hydrogen-bond donors (Lipinski definition) is 1. The van der Waals surface area contributed by atoms with Crippen molar-refractivity contribution in [3.63, 3.8) is 0 Å². The quantitative estimate of drug-likeness (QED) is 0.927. The molecule has 0 saturated carbocycles. The van der Waals surface area contributed by atoms with Gasteiger partial charge in [0.1, 0.15) is 6.10 Å². The van der Waals surface area contributed by atoms with Gasteiger partial charge in [-0.1, -0.05) is 19.1 Å². The molecule has 1 N–H and O–H groups in total. The summed E-state index contributed by atoms with van der Waals surface area (Å²) in [4.78, 5) is 0. The highest BCUT2D eigenvalue weighted by molar-refractivity contribution is 5.34. The molecule has 0 bridgehead atoms. The van der Waals surface area contributed by atoms with Gasteiger partial charge in [0, 0.05) is 24.4 Å². The van der Waals surface area contributed by atoms with E-state index in [-0.39, 0.29) is 11.1 Å². The maximum Gasteiger partial charge on any atom is 0.165 e. The van der Waals surface area contributed by atoms with Crippen molar-refractivity contribution in [1.29, 1.82) is 0 Å². The Morgan fingerprint density at radius 1 is 1.26 bits per heavy atom. The second-order valence-corrected chi connectivity index (χ2v) is 4.56. The van der Waals surface area contributed by atoms with Crippen molar-refractivity contribution >= 4 is 0 Å². The van der Waals surface area contributed by atoms with E-state index >= 15 is 0 Å². The van der Waals surface area contributed by atoms with Gasteiger partial charge in [-0.15, -0.1) is 0 Å². The average Bonchev–Trinajstić information content (AvgIpc) is 2.77. The Balaban J connectivity index is 2.49. The number of aromatic nitrogens is 2. The van der Waals surface area contributed by atoms with E-state index in [0.717, 1.165) is 0 Å². The van der Waals surface area contributed by atoms with E-state index in [4.69, 9.17) is 0 Å². The predicted molar refractivity (Wildman–Crippen MR) is 67.7 cm³/mol. The zero-order valence-corrected chi connectivity index (χ0v) is 11.1. The lowest BCUT2D eigenvalue weighted by atomic mass is 9.99. The van der Waals surface area contributed by atoms with E-state index in [1.165, 1.54) is 19.1 Å². The molecule has 0 radical (unpaired) electrons. The molecule has 1 unspecified atom stereocenters. The second kappa shape index (κ2) is 5.09. The van der Waals surface area contributed by atoms with Crippen LogP contribution in [0.25, 0.3) is 0 Å². The first-order valence-corrected chi connectivity index (χ1v) is 6.10. The van der Waals surface area contributed by atoms with Crippen LogP contribution in [0.1, 0.15) is 35.4 Å². The lowest BCUT2D eigenvalue weighted by molar-refractivity contribution is 0.212. The van der Waals surface area contributed by atoms with E-state index in [2.05, 4.69) is 5.10 Å². The van der Waals surface area contributed by atoms with E-state index in [9.17, 15) is 13.9 Å². The fourth-order valence-electron chi connectivity index (χ4n) is 2.10. The Morgan fingerprint density at radius 2 is 1.95 bits per heavy atom. The highest BCUT2D eigenvalue weighted by Gasteiger charge is 2.22. The van der Waals surface area contributed by atoms with Gasteiger partial charge in [0.05, 0.1) is 5.69 Å². The molecule has 1 heterocycles. The number of nitrogens with zero attached hydrogens (tertiary/aromatic N) is 2. The van der Waals surface area contributed by atoms with E-state index in [0.29, 0.717) is 17.7 Å². The third-order valence-corrected chi connectivity index (χ3v) is 3.17. The normalized spacial score (nSPS) is 12.7. The van der Waals surface area contributed by atoms with Crippen molar-refractivity contribution in [2.24, 2.45) is 7.05 Å². The molecule has 2 aromatic rings. The maximum atomic E-state index is 13.9. The van der Waals surface area contributed by atoms with Gasteiger partial charge in [0.2, 0.25) is 0 Å². The highest BCUT2D eigenvalue weighted by Crippen LogP contribution is 2.28. The largest absolute Gasteiger partial charge is 0.383 e. The van der Waals surface area contributed by atoms with Crippen LogP contribution in [-0.4, -0.2) is 14.9 Å². The van der Waals surface area contributed by atoms with Gasteiger partial charge in [-0.3, -0.25) is 4.68 Å². The first-order chi connectivity index (χ1) is 8.95. The van der Waals surface area contributed by atoms with Gasteiger partial charge in [-0.2, -0.15) is 5.10 Å². The van der Waals surface area contributed by atoms with Gasteiger partial charge in [0.25, 0.3) is 0 Å². The van der Waals surface area contributed by atoms with Crippen LogP contribution in [0.5, 0.6) is 0 Å². The van der Waals surface area contributed by atoms with E-state index in [1.807, 2.05) is 6.92 Å². The fraction of sp³-hybridized carbons (Fsp3) is 0.357. The second-order valence-electron chi connectivity index (χ2n) is 4.56. The lowest BCUT2D eigenvalue weighted by Gasteiger charge is -2.13. The van der Waals surface area contributed by atoms with Gasteiger partial charge < -0.3 is 5.11 Å². The van der Waals surface area contributed by atoms with Crippen molar-refractivity contribution in [1.82, 2.24) is 9.78 Å². The lowest BCUT2D eigenvalue weighted by Crippen LogP contribution is -2.06. The number of aliphatic hydroxyl groups excluding tert-OH is 1. The molecule has 1 aromatic carbocycles. The number of rotatable bonds is 3. The monoisotopic (exact) mass is 266 g/mol. The van der Waals surface area contributed by atoms with Crippen molar-refractivity contribution < 1.29 is 13.9 Å². The molecule has 0 spiro atoms. The van der Waals surface area contributed by atoms with Crippen molar-refractivity contribution in [3.05, 3.63) is 52.3 Å². The molecule has 3 nitrogen and oxygen atoms in total. The third-order valence-electron chi connectivity index (χ3n) is 3.17. The molecular weight excluding hydrogens is 250 g/mol. The summed E-state index contributed by atoms with van der Waals surface area (Å²) in [5.74, 6) is -1.92. The van der Waals surface area contributed by atoms with Gasteiger partial charge in [-0.25, -0.2) is 8.78 Å². The molecule has 19 heavy (non-hydrogen) atoms. The Morgan fingerprint density at radius 3 is 2.58 bits per heavy atom. The topological polar surface area (TPSA) is 38.0 Å².